The van der Waals surface area contributed by atoms with E-state index in [1.165, 1.54) is 23.9 Å². The zero-order valence-corrected chi connectivity index (χ0v) is 10.7. The third-order valence-electron chi connectivity index (χ3n) is 2.98. The second-order valence-corrected chi connectivity index (χ2v) is 4.36. The van der Waals surface area contributed by atoms with E-state index in [0.717, 1.165) is 12.1 Å². The van der Waals surface area contributed by atoms with Gasteiger partial charge in [-0.1, -0.05) is 6.07 Å². The lowest BCUT2D eigenvalue weighted by Gasteiger charge is -2.12. The number of carbonyl (C=O) groups is 1. The number of carboxylic acids is 1. The van der Waals surface area contributed by atoms with Crippen molar-refractivity contribution in [3.8, 4) is 11.3 Å². The molecule has 0 fully saturated rings. The molecule has 1 aromatic heterocycles. The zero-order chi connectivity index (χ0) is 15.1. The number of rotatable bonds is 2. The number of benzene rings is 1. The van der Waals surface area contributed by atoms with Gasteiger partial charge >= 0.3 is 12.1 Å². The maximum atomic E-state index is 12.6. The van der Waals surface area contributed by atoms with E-state index in [1.54, 1.807) is 7.05 Å². The Morgan fingerprint density at radius 2 is 2.00 bits per heavy atom. The van der Waals surface area contributed by atoms with Crippen LogP contribution in [0.15, 0.2) is 24.4 Å². The van der Waals surface area contributed by atoms with Gasteiger partial charge < -0.3 is 5.11 Å². The third kappa shape index (κ3) is 2.38. The van der Waals surface area contributed by atoms with Crippen molar-refractivity contribution in [3.63, 3.8) is 0 Å². The first-order valence-electron chi connectivity index (χ1n) is 5.65. The van der Waals surface area contributed by atoms with Crippen molar-refractivity contribution >= 4 is 5.97 Å². The van der Waals surface area contributed by atoms with Gasteiger partial charge in [0, 0.05) is 12.6 Å². The van der Waals surface area contributed by atoms with Crippen LogP contribution in [0.25, 0.3) is 11.3 Å². The van der Waals surface area contributed by atoms with Crippen LogP contribution < -0.4 is 0 Å². The number of aromatic carboxylic acids is 1. The van der Waals surface area contributed by atoms with E-state index in [-0.39, 0.29) is 11.3 Å². The Bertz CT molecular complexity index is 675. The molecule has 1 aromatic carbocycles. The molecule has 1 heterocycles. The van der Waals surface area contributed by atoms with Gasteiger partial charge in [-0.05, 0) is 24.6 Å². The van der Waals surface area contributed by atoms with Crippen LogP contribution in [0.1, 0.15) is 21.5 Å². The van der Waals surface area contributed by atoms with Crippen molar-refractivity contribution in [2.24, 2.45) is 7.05 Å². The van der Waals surface area contributed by atoms with Crippen LogP contribution in [0.2, 0.25) is 0 Å². The highest BCUT2D eigenvalue weighted by Gasteiger charge is 2.31. The topological polar surface area (TPSA) is 55.1 Å². The molecule has 106 valence electrons. The summed E-state index contributed by atoms with van der Waals surface area (Å²) in [4.78, 5) is 11.1. The predicted octanol–water partition coefficient (Wildman–Crippen LogP) is 3.11. The number of halogens is 3. The molecule has 0 saturated heterocycles. The lowest BCUT2D eigenvalue weighted by Crippen LogP contribution is -2.06. The molecule has 0 aliphatic rings. The average molecular weight is 284 g/mol. The van der Waals surface area contributed by atoms with Gasteiger partial charge in [0.2, 0.25) is 0 Å². The fourth-order valence-corrected chi connectivity index (χ4v) is 2.02. The summed E-state index contributed by atoms with van der Waals surface area (Å²) >= 11 is 0. The molecular weight excluding hydrogens is 273 g/mol. The standard InChI is InChI=1S/C13H11F3N2O2/c1-7-5-8(13(14,15)16)3-4-9(7)11-10(12(19)20)6-17-18(11)2/h3-6H,1-2H3,(H,19,20). The summed E-state index contributed by atoms with van der Waals surface area (Å²) in [6, 6.07) is 3.19. The van der Waals surface area contributed by atoms with Gasteiger partial charge in [-0.25, -0.2) is 4.79 Å². The molecule has 2 rings (SSSR count). The molecular formula is C13H11F3N2O2. The van der Waals surface area contributed by atoms with Crippen LogP contribution in [0.3, 0.4) is 0 Å². The third-order valence-corrected chi connectivity index (χ3v) is 2.98. The molecule has 7 heteroatoms. The van der Waals surface area contributed by atoms with E-state index in [2.05, 4.69) is 5.10 Å². The quantitative estimate of drug-likeness (QED) is 0.921. The normalized spacial score (nSPS) is 11.7. The molecule has 4 nitrogen and oxygen atoms in total. The highest BCUT2D eigenvalue weighted by atomic mass is 19.4. The average Bonchev–Trinajstić information content (AvgIpc) is 2.70. The van der Waals surface area contributed by atoms with E-state index in [9.17, 15) is 18.0 Å². The van der Waals surface area contributed by atoms with Gasteiger partial charge in [0.25, 0.3) is 0 Å². The Hall–Kier alpha value is -2.31. The second-order valence-electron chi connectivity index (χ2n) is 4.36. The van der Waals surface area contributed by atoms with E-state index in [1.807, 2.05) is 0 Å². The monoisotopic (exact) mass is 284 g/mol. The summed E-state index contributed by atoms with van der Waals surface area (Å²) < 4.78 is 39.2. The molecule has 0 bridgehead atoms. The van der Waals surface area contributed by atoms with E-state index >= 15 is 0 Å². The van der Waals surface area contributed by atoms with Crippen molar-refractivity contribution in [1.82, 2.24) is 9.78 Å². The SMILES string of the molecule is Cc1cc(C(F)(F)F)ccc1-c1c(C(=O)O)cnn1C. The van der Waals surface area contributed by atoms with Gasteiger partial charge in [-0.3, -0.25) is 4.68 Å². The molecule has 0 spiro atoms. The van der Waals surface area contributed by atoms with Crippen LogP contribution in [0.5, 0.6) is 0 Å². The van der Waals surface area contributed by atoms with E-state index in [0.29, 0.717) is 11.1 Å². The summed E-state index contributed by atoms with van der Waals surface area (Å²) in [5, 5.41) is 12.9. The molecule has 0 amide bonds. The Kier molecular flexibility index (Phi) is 3.29. The van der Waals surface area contributed by atoms with Crippen LogP contribution in [0, 0.1) is 6.92 Å². The fourth-order valence-electron chi connectivity index (χ4n) is 2.02. The highest BCUT2D eigenvalue weighted by molar-refractivity contribution is 5.95. The number of hydrogen-bond donors (Lipinski definition) is 1. The van der Waals surface area contributed by atoms with Crippen molar-refractivity contribution in [1.29, 1.82) is 0 Å². The van der Waals surface area contributed by atoms with Crippen LogP contribution in [0.4, 0.5) is 13.2 Å². The number of aromatic nitrogens is 2. The molecule has 0 aliphatic heterocycles. The van der Waals surface area contributed by atoms with E-state index in [4.69, 9.17) is 5.11 Å². The minimum atomic E-state index is -4.43. The first kappa shape index (κ1) is 14.1. The molecule has 20 heavy (non-hydrogen) atoms. The smallest absolute Gasteiger partial charge is 0.416 e. The molecule has 0 radical (unpaired) electrons. The zero-order valence-electron chi connectivity index (χ0n) is 10.7. The summed E-state index contributed by atoms with van der Waals surface area (Å²) in [7, 11) is 1.54. The van der Waals surface area contributed by atoms with Crippen LogP contribution >= 0.6 is 0 Å². The molecule has 0 saturated carbocycles. The van der Waals surface area contributed by atoms with Gasteiger partial charge in [0.1, 0.15) is 5.56 Å². The molecule has 0 unspecified atom stereocenters. The number of aryl methyl sites for hydroxylation is 2. The number of hydrogen-bond acceptors (Lipinski definition) is 2. The fraction of sp³-hybridized carbons (Fsp3) is 0.231. The Balaban J connectivity index is 2.60. The van der Waals surface area contributed by atoms with Gasteiger partial charge in [-0.2, -0.15) is 18.3 Å². The van der Waals surface area contributed by atoms with Crippen molar-refractivity contribution in [2.45, 2.75) is 13.1 Å². The van der Waals surface area contributed by atoms with Crippen LogP contribution in [-0.2, 0) is 13.2 Å². The predicted molar refractivity (Wildman–Crippen MR) is 65.3 cm³/mol. The minimum Gasteiger partial charge on any atom is -0.478 e. The lowest BCUT2D eigenvalue weighted by atomic mass is 10.00. The summed E-state index contributed by atoms with van der Waals surface area (Å²) in [5.74, 6) is -1.17. The largest absolute Gasteiger partial charge is 0.478 e. The Morgan fingerprint density at radius 1 is 1.35 bits per heavy atom. The second kappa shape index (κ2) is 4.66. The minimum absolute atomic E-state index is 0.0460. The molecule has 0 atom stereocenters. The first-order chi connectivity index (χ1) is 9.21. The number of carboxylic acid groups (broad SMARTS) is 1. The molecule has 2 aromatic rings. The first-order valence-corrected chi connectivity index (χ1v) is 5.65. The summed E-state index contributed by atoms with van der Waals surface area (Å²) in [6.07, 6.45) is -3.25. The Labute approximate surface area is 112 Å². The number of alkyl halides is 3. The van der Waals surface area contributed by atoms with Gasteiger partial charge in [0.05, 0.1) is 17.5 Å². The van der Waals surface area contributed by atoms with Crippen molar-refractivity contribution in [2.75, 3.05) is 0 Å². The summed E-state index contributed by atoms with van der Waals surface area (Å²) in [5.41, 5.74) is 0.221. The van der Waals surface area contributed by atoms with Crippen molar-refractivity contribution < 1.29 is 23.1 Å². The van der Waals surface area contributed by atoms with E-state index < -0.39 is 17.7 Å². The summed E-state index contributed by atoms with van der Waals surface area (Å²) in [6.45, 7) is 1.50. The van der Waals surface area contributed by atoms with Gasteiger partial charge in [0.15, 0.2) is 0 Å². The molecule has 1 N–H and O–H groups in total. The number of nitrogens with zero attached hydrogens (tertiary/aromatic N) is 2. The molecule has 0 aliphatic carbocycles. The highest BCUT2D eigenvalue weighted by Crippen LogP contribution is 2.33. The maximum Gasteiger partial charge on any atom is 0.416 e. The van der Waals surface area contributed by atoms with Crippen LogP contribution in [-0.4, -0.2) is 20.9 Å². The Morgan fingerprint density at radius 3 is 2.50 bits per heavy atom. The van der Waals surface area contributed by atoms with Gasteiger partial charge in [-0.15, -0.1) is 0 Å². The van der Waals surface area contributed by atoms with Crippen molar-refractivity contribution in [3.05, 3.63) is 41.1 Å². The maximum absolute atomic E-state index is 12.6. The lowest BCUT2D eigenvalue weighted by molar-refractivity contribution is -0.137.